The minimum atomic E-state index is 0.746. The molecule has 0 saturated heterocycles. The fourth-order valence-electron chi connectivity index (χ4n) is 1.19. The Hall–Kier alpha value is -1.31. The first kappa shape index (κ1) is 6.40. The van der Waals surface area contributed by atoms with Crippen molar-refractivity contribution in [1.29, 1.82) is 0 Å². The maximum atomic E-state index is 5.39. The largest absolute Gasteiger partial charge is 0.492 e. The maximum Gasteiger partial charge on any atom is 0.129 e. The first-order chi connectivity index (χ1) is 5.38. The molecule has 0 amide bonds. The minimum Gasteiger partial charge on any atom is -0.492 e. The van der Waals surface area contributed by atoms with E-state index in [-0.39, 0.29) is 0 Å². The van der Waals surface area contributed by atoms with E-state index >= 15 is 0 Å². The molecule has 0 saturated carbocycles. The Labute approximate surface area is 65.5 Å². The van der Waals surface area contributed by atoms with Crippen LogP contribution in [0.1, 0.15) is 12.0 Å². The number of nitrogens with zero attached hydrogens (tertiary/aromatic N) is 1. The molecule has 2 nitrogen and oxygen atoms in total. The van der Waals surface area contributed by atoms with Crippen molar-refractivity contribution in [3.05, 3.63) is 30.6 Å². The van der Waals surface area contributed by atoms with E-state index in [2.05, 4.69) is 11.6 Å². The van der Waals surface area contributed by atoms with Crippen molar-refractivity contribution in [2.24, 2.45) is 0 Å². The second-order valence-electron chi connectivity index (χ2n) is 2.57. The number of fused-ring (bicyclic) bond motifs is 1. The molecule has 0 spiro atoms. The van der Waals surface area contributed by atoms with Gasteiger partial charge in [-0.05, 0) is 11.6 Å². The van der Waals surface area contributed by atoms with E-state index in [9.17, 15) is 0 Å². The van der Waals surface area contributed by atoms with Gasteiger partial charge in [0, 0.05) is 24.4 Å². The lowest BCUT2D eigenvalue weighted by Gasteiger charge is -2.17. The summed E-state index contributed by atoms with van der Waals surface area (Å²) in [6, 6.07) is 1.87. The standard InChI is InChI=1S/C9H9NO/c1-7-3-5-11-9-2-4-10-6-8(7)9/h2,4,6H,1,3,5H2. The Bertz CT molecular complexity index is 293. The summed E-state index contributed by atoms with van der Waals surface area (Å²) < 4.78 is 5.39. The highest BCUT2D eigenvalue weighted by molar-refractivity contribution is 5.69. The SMILES string of the molecule is C=C1CCOc2ccncc21. The van der Waals surface area contributed by atoms with Crippen LogP contribution in [-0.2, 0) is 0 Å². The summed E-state index contributed by atoms with van der Waals surface area (Å²) in [6.07, 6.45) is 4.45. The van der Waals surface area contributed by atoms with Gasteiger partial charge in [-0.3, -0.25) is 4.98 Å². The summed E-state index contributed by atoms with van der Waals surface area (Å²) in [5.74, 6) is 0.913. The summed E-state index contributed by atoms with van der Waals surface area (Å²) in [6.45, 7) is 4.68. The smallest absolute Gasteiger partial charge is 0.129 e. The Morgan fingerprint density at radius 1 is 1.55 bits per heavy atom. The summed E-state index contributed by atoms with van der Waals surface area (Å²) in [7, 11) is 0. The predicted octanol–water partition coefficient (Wildman–Crippen LogP) is 1.88. The van der Waals surface area contributed by atoms with Crippen molar-refractivity contribution in [1.82, 2.24) is 4.98 Å². The van der Waals surface area contributed by atoms with Gasteiger partial charge in [-0.15, -0.1) is 0 Å². The number of aromatic nitrogens is 1. The van der Waals surface area contributed by atoms with Gasteiger partial charge in [-0.2, -0.15) is 0 Å². The van der Waals surface area contributed by atoms with Crippen molar-refractivity contribution < 1.29 is 4.74 Å². The van der Waals surface area contributed by atoms with Crippen LogP contribution >= 0.6 is 0 Å². The van der Waals surface area contributed by atoms with Gasteiger partial charge in [0.25, 0.3) is 0 Å². The molecule has 0 aromatic carbocycles. The summed E-state index contributed by atoms with van der Waals surface area (Å²) >= 11 is 0. The second-order valence-corrected chi connectivity index (χ2v) is 2.57. The van der Waals surface area contributed by atoms with Gasteiger partial charge in [0.05, 0.1) is 6.61 Å². The molecule has 0 aliphatic carbocycles. The Morgan fingerprint density at radius 2 is 2.45 bits per heavy atom. The molecule has 0 N–H and O–H groups in total. The van der Waals surface area contributed by atoms with Gasteiger partial charge >= 0.3 is 0 Å². The van der Waals surface area contributed by atoms with E-state index in [1.807, 2.05) is 6.07 Å². The van der Waals surface area contributed by atoms with E-state index in [4.69, 9.17) is 4.74 Å². The van der Waals surface area contributed by atoms with E-state index in [0.29, 0.717) is 0 Å². The van der Waals surface area contributed by atoms with Gasteiger partial charge < -0.3 is 4.74 Å². The van der Waals surface area contributed by atoms with Crippen LogP contribution < -0.4 is 4.74 Å². The number of ether oxygens (including phenoxy) is 1. The van der Waals surface area contributed by atoms with Crippen molar-refractivity contribution in [3.8, 4) is 5.75 Å². The molecule has 1 aromatic rings. The van der Waals surface area contributed by atoms with Crippen LogP contribution in [0, 0.1) is 0 Å². The highest BCUT2D eigenvalue weighted by atomic mass is 16.5. The molecular formula is C9H9NO. The van der Waals surface area contributed by atoms with Gasteiger partial charge in [-0.1, -0.05) is 6.58 Å². The first-order valence-electron chi connectivity index (χ1n) is 3.63. The summed E-state index contributed by atoms with van der Waals surface area (Å²) in [4.78, 5) is 4.01. The van der Waals surface area contributed by atoms with Gasteiger partial charge in [-0.25, -0.2) is 0 Å². The molecule has 0 radical (unpaired) electrons. The lowest BCUT2D eigenvalue weighted by atomic mass is 10.0. The minimum absolute atomic E-state index is 0.746. The molecule has 0 fully saturated rings. The van der Waals surface area contributed by atoms with E-state index < -0.39 is 0 Å². The van der Waals surface area contributed by atoms with E-state index in [1.54, 1.807) is 12.4 Å². The zero-order chi connectivity index (χ0) is 7.68. The quantitative estimate of drug-likeness (QED) is 0.559. The number of hydrogen-bond acceptors (Lipinski definition) is 2. The lowest BCUT2D eigenvalue weighted by Crippen LogP contribution is -2.06. The molecular weight excluding hydrogens is 138 g/mol. The van der Waals surface area contributed by atoms with E-state index in [1.165, 1.54) is 0 Å². The molecule has 56 valence electrons. The molecule has 0 atom stereocenters. The molecule has 2 rings (SSSR count). The molecule has 1 aliphatic heterocycles. The number of rotatable bonds is 0. The second kappa shape index (κ2) is 2.38. The zero-order valence-corrected chi connectivity index (χ0v) is 6.21. The molecule has 1 aromatic heterocycles. The lowest BCUT2D eigenvalue weighted by molar-refractivity contribution is 0.316. The zero-order valence-electron chi connectivity index (χ0n) is 6.21. The predicted molar refractivity (Wildman–Crippen MR) is 43.4 cm³/mol. The fraction of sp³-hybridized carbons (Fsp3) is 0.222. The third-order valence-electron chi connectivity index (χ3n) is 1.82. The Kier molecular flexibility index (Phi) is 1.39. The van der Waals surface area contributed by atoms with Crippen molar-refractivity contribution in [2.45, 2.75) is 6.42 Å². The summed E-state index contributed by atoms with van der Waals surface area (Å²) in [5, 5.41) is 0. The molecule has 2 heterocycles. The molecule has 0 unspecified atom stereocenters. The topological polar surface area (TPSA) is 22.1 Å². The van der Waals surface area contributed by atoms with Crippen LogP contribution in [-0.4, -0.2) is 11.6 Å². The average Bonchev–Trinajstić information content (AvgIpc) is 2.06. The van der Waals surface area contributed by atoms with Gasteiger partial charge in [0.2, 0.25) is 0 Å². The highest BCUT2D eigenvalue weighted by Gasteiger charge is 2.12. The van der Waals surface area contributed by atoms with Crippen molar-refractivity contribution >= 4 is 5.57 Å². The van der Waals surface area contributed by atoms with E-state index in [0.717, 1.165) is 29.9 Å². The fourth-order valence-corrected chi connectivity index (χ4v) is 1.19. The maximum absolute atomic E-state index is 5.39. The molecule has 11 heavy (non-hydrogen) atoms. The monoisotopic (exact) mass is 147 g/mol. The van der Waals surface area contributed by atoms with Crippen LogP contribution in [0.2, 0.25) is 0 Å². The van der Waals surface area contributed by atoms with Crippen LogP contribution in [0.3, 0.4) is 0 Å². The molecule has 0 bridgehead atoms. The third-order valence-corrected chi connectivity index (χ3v) is 1.82. The molecule has 2 heteroatoms. The Balaban J connectivity index is 2.52. The normalized spacial score (nSPS) is 15.5. The average molecular weight is 147 g/mol. The van der Waals surface area contributed by atoms with Crippen LogP contribution in [0.4, 0.5) is 0 Å². The van der Waals surface area contributed by atoms with Crippen LogP contribution in [0.5, 0.6) is 5.75 Å². The van der Waals surface area contributed by atoms with Crippen molar-refractivity contribution in [3.63, 3.8) is 0 Å². The van der Waals surface area contributed by atoms with Gasteiger partial charge in [0.1, 0.15) is 5.75 Å². The van der Waals surface area contributed by atoms with Crippen LogP contribution in [0.15, 0.2) is 25.0 Å². The molecule has 1 aliphatic rings. The van der Waals surface area contributed by atoms with Crippen molar-refractivity contribution in [2.75, 3.05) is 6.61 Å². The van der Waals surface area contributed by atoms with Crippen LogP contribution in [0.25, 0.3) is 5.57 Å². The Morgan fingerprint density at radius 3 is 3.27 bits per heavy atom. The third kappa shape index (κ3) is 1.00. The number of pyridine rings is 1. The highest BCUT2D eigenvalue weighted by Crippen LogP contribution is 2.29. The first-order valence-corrected chi connectivity index (χ1v) is 3.63. The number of hydrogen-bond donors (Lipinski definition) is 0. The summed E-state index contributed by atoms with van der Waals surface area (Å²) in [5.41, 5.74) is 2.18. The van der Waals surface area contributed by atoms with Gasteiger partial charge in [0.15, 0.2) is 0 Å².